The van der Waals surface area contributed by atoms with Crippen LogP contribution in [0.1, 0.15) is 30.4 Å². The van der Waals surface area contributed by atoms with Gasteiger partial charge >= 0.3 is 0 Å². The molecule has 0 saturated carbocycles. The maximum atomic E-state index is 12.9. The first-order chi connectivity index (χ1) is 6.69. The monoisotopic (exact) mass is 197 g/mol. The fourth-order valence-electron chi connectivity index (χ4n) is 1.53. The van der Waals surface area contributed by atoms with Crippen molar-refractivity contribution in [2.75, 3.05) is 6.67 Å². The minimum absolute atomic E-state index is 0.318. The van der Waals surface area contributed by atoms with Gasteiger partial charge < -0.3 is 0 Å². The SMILES string of the molecule is [CH2]C(CF)c1cc(F)ccc1CCC. The highest BCUT2D eigenvalue weighted by molar-refractivity contribution is 5.32. The second kappa shape index (κ2) is 5.08. The molecule has 1 atom stereocenters. The Bertz CT molecular complexity index is 294. The van der Waals surface area contributed by atoms with Gasteiger partial charge in [0.15, 0.2) is 0 Å². The van der Waals surface area contributed by atoms with Crippen LogP contribution in [0, 0.1) is 12.7 Å². The summed E-state index contributed by atoms with van der Waals surface area (Å²) in [5.41, 5.74) is 1.71. The predicted octanol–water partition coefficient (Wildman–Crippen LogP) is 3.67. The minimum Gasteiger partial charge on any atom is -0.250 e. The third-order valence-corrected chi connectivity index (χ3v) is 2.25. The molecule has 14 heavy (non-hydrogen) atoms. The summed E-state index contributed by atoms with van der Waals surface area (Å²) in [5, 5.41) is 0. The van der Waals surface area contributed by atoms with E-state index in [2.05, 4.69) is 6.92 Å². The first-order valence-electron chi connectivity index (χ1n) is 4.86. The molecule has 0 bridgehead atoms. The molecular weight excluding hydrogens is 182 g/mol. The molecule has 0 saturated heterocycles. The number of hydrogen-bond acceptors (Lipinski definition) is 0. The summed E-state index contributed by atoms with van der Waals surface area (Å²) in [6.45, 7) is 5.17. The zero-order chi connectivity index (χ0) is 10.6. The van der Waals surface area contributed by atoms with E-state index >= 15 is 0 Å². The molecule has 0 aliphatic heterocycles. The fraction of sp³-hybridized carbons (Fsp3) is 0.417. The maximum absolute atomic E-state index is 12.9. The van der Waals surface area contributed by atoms with Gasteiger partial charge in [0, 0.05) is 5.92 Å². The average Bonchev–Trinajstić information content (AvgIpc) is 2.20. The van der Waals surface area contributed by atoms with Crippen molar-refractivity contribution >= 4 is 0 Å². The quantitative estimate of drug-likeness (QED) is 0.691. The Morgan fingerprint density at radius 1 is 1.43 bits per heavy atom. The maximum Gasteiger partial charge on any atom is 0.123 e. The van der Waals surface area contributed by atoms with E-state index in [1.54, 1.807) is 6.07 Å². The lowest BCUT2D eigenvalue weighted by Gasteiger charge is -2.13. The molecule has 2 heteroatoms. The highest BCUT2D eigenvalue weighted by atomic mass is 19.1. The number of aryl methyl sites for hydroxylation is 1. The zero-order valence-corrected chi connectivity index (χ0v) is 8.39. The van der Waals surface area contributed by atoms with Crippen molar-refractivity contribution in [2.24, 2.45) is 0 Å². The lowest BCUT2D eigenvalue weighted by atomic mass is 9.94. The van der Waals surface area contributed by atoms with Crippen LogP contribution in [0.3, 0.4) is 0 Å². The Labute approximate surface area is 84.0 Å². The Hall–Kier alpha value is -0.920. The van der Waals surface area contributed by atoms with Gasteiger partial charge in [0.2, 0.25) is 0 Å². The van der Waals surface area contributed by atoms with Gasteiger partial charge in [0.1, 0.15) is 5.82 Å². The molecule has 0 aliphatic rings. The van der Waals surface area contributed by atoms with E-state index < -0.39 is 12.6 Å². The van der Waals surface area contributed by atoms with Gasteiger partial charge in [-0.3, -0.25) is 4.39 Å². The molecule has 0 aromatic heterocycles. The third kappa shape index (κ3) is 2.53. The molecule has 0 nitrogen and oxygen atoms in total. The summed E-state index contributed by atoms with van der Waals surface area (Å²) in [6.07, 6.45) is 1.82. The summed E-state index contributed by atoms with van der Waals surface area (Å²) in [5.74, 6) is -0.769. The molecule has 1 aromatic carbocycles. The van der Waals surface area contributed by atoms with Crippen molar-refractivity contribution in [3.05, 3.63) is 42.1 Å². The highest BCUT2D eigenvalue weighted by Crippen LogP contribution is 2.22. The lowest BCUT2D eigenvalue weighted by molar-refractivity contribution is 0.462. The number of rotatable bonds is 4. The van der Waals surface area contributed by atoms with Gasteiger partial charge in [-0.2, -0.15) is 0 Å². The minimum atomic E-state index is -0.542. The number of halogens is 2. The Kier molecular flexibility index (Phi) is 4.05. The lowest BCUT2D eigenvalue weighted by Crippen LogP contribution is -2.02. The molecule has 77 valence electrons. The van der Waals surface area contributed by atoms with Crippen LogP contribution in [0.4, 0.5) is 8.78 Å². The van der Waals surface area contributed by atoms with Crippen LogP contribution in [0.25, 0.3) is 0 Å². The van der Waals surface area contributed by atoms with Crippen molar-refractivity contribution in [1.82, 2.24) is 0 Å². The number of alkyl halides is 1. The molecule has 1 unspecified atom stereocenters. The summed E-state index contributed by atoms with van der Waals surface area (Å²) < 4.78 is 25.4. The van der Waals surface area contributed by atoms with Crippen LogP contribution < -0.4 is 0 Å². The number of benzene rings is 1. The normalized spacial score (nSPS) is 12.9. The van der Waals surface area contributed by atoms with Gasteiger partial charge in [-0.1, -0.05) is 19.4 Å². The fourth-order valence-corrected chi connectivity index (χ4v) is 1.53. The topological polar surface area (TPSA) is 0 Å². The van der Waals surface area contributed by atoms with Gasteiger partial charge in [-0.05, 0) is 36.6 Å². The van der Waals surface area contributed by atoms with E-state index in [1.807, 2.05) is 6.92 Å². The Morgan fingerprint density at radius 3 is 2.71 bits per heavy atom. The molecule has 1 rings (SSSR count). The van der Waals surface area contributed by atoms with Crippen molar-refractivity contribution in [3.63, 3.8) is 0 Å². The molecular formula is C12H15F2. The van der Waals surface area contributed by atoms with Crippen molar-refractivity contribution in [2.45, 2.75) is 25.7 Å². The van der Waals surface area contributed by atoms with Crippen LogP contribution >= 0.6 is 0 Å². The second-order valence-electron chi connectivity index (χ2n) is 3.44. The van der Waals surface area contributed by atoms with Gasteiger partial charge in [-0.15, -0.1) is 0 Å². The summed E-state index contributed by atoms with van der Waals surface area (Å²) >= 11 is 0. The van der Waals surface area contributed by atoms with Gasteiger partial charge in [0.25, 0.3) is 0 Å². The van der Waals surface area contributed by atoms with E-state index in [9.17, 15) is 8.78 Å². The first-order valence-corrected chi connectivity index (χ1v) is 4.86. The molecule has 0 aliphatic carbocycles. The standard InChI is InChI=1S/C12H15F2/c1-3-4-10-5-6-11(14)7-12(10)9(2)8-13/h5-7,9H,2-4,8H2,1H3. The number of hydrogen-bond donors (Lipinski definition) is 0. The first kappa shape index (κ1) is 11.2. The molecule has 1 aromatic rings. The summed E-state index contributed by atoms with van der Waals surface area (Å²) in [6, 6.07) is 4.53. The summed E-state index contributed by atoms with van der Waals surface area (Å²) in [7, 11) is 0. The highest BCUT2D eigenvalue weighted by Gasteiger charge is 2.10. The average molecular weight is 197 g/mol. The largest absolute Gasteiger partial charge is 0.250 e. The molecule has 1 radical (unpaired) electrons. The van der Waals surface area contributed by atoms with Crippen LogP contribution in [0.15, 0.2) is 18.2 Å². The molecule has 0 fully saturated rings. The van der Waals surface area contributed by atoms with E-state index in [1.165, 1.54) is 12.1 Å². The van der Waals surface area contributed by atoms with Crippen molar-refractivity contribution < 1.29 is 8.78 Å². The van der Waals surface area contributed by atoms with Crippen LogP contribution in [0.5, 0.6) is 0 Å². The van der Waals surface area contributed by atoms with Crippen LogP contribution in [-0.4, -0.2) is 6.67 Å². The zero-order valence-electron chi connectivity index (χ0n) is 8.39. The molecule has 0 amide bonds. The van der Waals surface area contributed by atoms with Crippen molar-refractivity contribution in [3.8, 4) is 0 Å². The van der Waals surface area contributed by atoms with E-state index in [0.29, 0.717) is 5.56 Å². The Morgan fingerprint density at radius 2 is 2.14 bits per heavy atom. The smallest absolute Gasteiger partial charge is 0.123 e. The predicted molar refractivity (Wildman–Crippen MR) is 54.5 cm³/mol. The van der Waals surface area contributed by atoms with Crippen LogP contribution in [-0.2, 0) is 6.42 Å². The second-order valence-corrected chi connectivity index (χ2v) is 3.44. The third-order valence-electron chi connectivity index (χ3n) is 2.25. The molecule has 0 N–H and O–H groups in total. The van der Waals surface area contributed by atoms with Gasteiger partial charge in [-0.25, -0.2) is 4.39 Å². The summed E-state index contributed by atoms with van der Waals surface area (Å²) in [4.78, 5) is 0. The van der Waals surface area contributed by atoms with Gasteiger partial charge in [0.05, 0.1) is 6.67 Å². The van der Waals surface area contributed by atoms with Crippen molar-refractivity contribution in [1.29, 1.82) is 0 Å². The Balaban J connectivity index is 3.02. The van der Waals surface area contributed by atoms with E-state index in [-0.39, 0.29) is 5.82 Å². The van der Waals surface area contributed by atoms with Crippen LogP contribution in [0.2, 0.25) is 0 Å². The van der Waals surface area contributed by atoms with E-state index in [0.717, 1.165) is 18.4 Å². The molecule has 0 heterocycles. The van der Waals surface area contributed by atoms with E-state index in [4.69, 9.17) is 0 Å². The molecule has 0 spiro atoms.